The van der Waals surface area contributed by atoms with Gasteiger partial charge >= 0.3 is 0 Å². The fourth-order valence-electron chi connectivity index (χ4n) is 3.59. The Morgan fingerprint density at radius 3 is 2.96 bits per heavy atom. The van der Waals surface area contributed by atoms with Crippen LogP contribution in [-0.4, -0.2) is 40.6 Å². The number of carbonyl (C=O) groups is 1. The van der Waals surface area contributed by atoms with Gasteiger partial charge in [0.05, 0.1) is 12.5 Å². The predicted octanol–water partition coefficient (Wildman–Crippen LogP) is 2.41. The van der Waals surface area contributed by atoms with Crippen molar-refractivity contribution in [3.8, 4) is 0 Å². The summed E-state index contributed by atoms with van der Waals surface area (Å²) in [6, 6.07) is 8.44. The van der Waals surface area contributed by atoms with Gasteiger partial charge in [-0.1, -0.05) is 24.3 Å². The molecule has 1 atom stereocenters. The summed E-state index contributed by atoms with van der Waals surface area (Å²) in [5.74, 6) is 1.71. The summed E-state index contributed by atoms with van der Waals surface area (Å²) in [5.41, 5.74) is 2.53. The van der Waals surface area contributed by atoms with E-state index >= 15 is 0 Å². The third kappa shape index (κ3) is 2.84. The molecule has 0 bridgehead atoms. The van der Waals surface area contributed by atoms with E-state index in [2.05, 4.69) is 33.8 Å². The molecule has 0 saturated heterocycles. The maximum absolute atomic E-state index is 12.6. The molecule has 4 rings (SSSR count). The molecule has 0 radical (unpaired) electrons. The second-order valence-corrected chi connectivity index (χ2v) is 6.72. The fourth-order valence-corrected chi connectivity index (χ4v) is 3.59. The molecule has 2 aromatic rings. The Labute approximate surface area is 142 Å². The number of benzene rings is 1. The van der Waals surface area contributed by atoms with E-state index in [9.17, 15) is 4.79 Å². The number of hydrogen-bond acceptors (Lipinski definition) is 3. The zero-order valence-corrected chi connectivity index (χ0v) is 14.0. The number of amides is 1. The number of methoxy groups -OCH3 is 1. The lowest BCUT2D eigenvalue weighted by atomic mass is 9.88. The molecule has 126 valence electrons. The van der Waals surface area contributed by atoms with Gasteiger partial charge in [0, 0.05) is 45.1 Å². The van der Waals surface area contributed by atoms with Gasteiger partial charge in [0.25, 0.3) is 0 Å². The molecular formula is C19H23N3O2. The largest absolute Gasteiger partial charge is 0.383 e. The van der Waals surface area contributed by atoms with Crippen LogP contribution in [0.25, 0.3) is 0 Å². The summed E-state index contributed by atoms with van der Waals surface area (Å²) in [6.45, 7) is 2.88. The first-order valence-corrected chi connectivity index (χ1v) is 8.64. The predicted molar refractivity (Wildman–Crippen MR) is 90.5 cm³/mol. The minimum Gasteiger partial charge on any atom is -0.383 e. The SMILES string of the molecule is COCCn1ccnc1[C@H]1CN(C(=O)C2CC2)Cc2ccccc21. The van der Waals surface area contributed by atoms with E-state index in [1.165, 1.54) is 11.1 Å². The summed E-state index contributed by atoms with van der Waals surface area (Å²) in [7, 11) is 1.71. The molecule has 0 spiro atoms. The van der Waals surface area contributed by atoms with Crippen LogP contribution in [0, 0.1) is 5.92 Å². The molecule has 1 fully saturated rings. The summed E-state index contributed by atoms with van der Waals surface area (Å²) >= 11 is 0. The topological polar surface area (TPSA) is 47.4 Å². The average Bonchev–Trinajstić information content (AvgIpc) is 3.37. The monoisotopic (exact) mass is 325 g/mol. The van der Waals surface area contributed by atoms with Crippen LogP contribution in [0.2, 0.25) is 0 Å². The number of hydrogen-bond donors (Lipinski definition) is 0. The molecule has 1 aromatic heterocycles. The van der Waals surface area contributed by atoms with Crippen molar-refractivity contribution < 1.29 is 9.53 Å². The van der Waals surface area contributed by atoms with Gasteiger partial charge < -0.3 is 14.2 Å². The first kappa shape index (κ1) is 15.4. The lowest BCUT2D eigenvalue weighted by Gasteiger charge is -2.35. The normalized spacial score (nSPS) is 20.0. The van der Waals surface area contributed by atoms with Crippen molar-refractivity contribution in [3.63, 3.8) is 0 Å². The van der Waals surface area contributed by atoms with Crippen LogP contribution in [0.5, 0.6) is 0 Å². The Morgan fingerprint density at radius 2 is 2.17 bits per heavy atom. The van der Waals surface area contributed by atoms with Gasteiger partial charge in [-0.2, -0.15) is 0 Å². The number of rotatable bonds is 5. The van der Waals surface area contributed by atoms with Gasteiger partial charge in [0.1, 0.15) is 5.82 Å². The Bertz CT molecular complexity index is 736. The van der Waals surface area contributed by atoms with Gasteiger partial charge in [-0.15, -0.1) is 0 Å². The zero-order chi connectivity index (χ0) is 16.5. The fraction of sp³-hybridized carbons (Fsp3) is 0.474. The number of nitrogens with zero attached hydrogens (tertiary/aromatic N) is 3. The van der Waals surface area contributed by atoms with E-state index in [4.69, 9.17) is 4.74 Å². The van der Waals surface area contributed by atoms with Crippen LogP contribution in [0.3, 0.4) is 0 Å². The minimum atomic E-state index is 0.129. The van der Waals surface area contributed by atoms with Gasteiger partial charge in [-0.05, 0) is 24.0 Å². The van der Waals surface area contributed by atoms with E-state index in [1.54, 1.807) is 7.11 Å². The van der Waals surface area contributed by atoms with Crippen LogP contribution >= 0.6 is 0 Å². The maximum atomic E-state index is 12.6. The van der Waals surface area contributed by atoms with Crippen molar-refractivity contribution >= 4 is 5.91 Å². The molecule has 1 aromatic carbocycles. The molecule has 1 amide bonds. The number of imidazole rings is 1. The number of fused-ring (bicyclic) bond motifs is 1. The summed E-state index contributed by atoms with van der Waals surface area (Å²) in [4.78, 5) is 19.3. The molecule has 2 aliphatic rings. The quantitative estimate of drug-likeness (QED) is 0.848. The first-order valence-electron chi connectivity index (χ1n) is 8.64. The van der Waals surface area contributed by atoms with Crippen LogP contribution in [0.4, 0.5) is 0 Å². The summed E-state index contributed by atoms with van der Waals surface area (Å²) < 4.78 is 7.36. The standard InChI is InChI=1S/C19H23N3O2/c1-24-11-10-21-9-8-20-18(21)17-13-22(19(23)14-6-7-14)12-15-4-2-3-5-16(15)17/h2-5,8-9,14,17H,6-7,10-13H2,1H3/t17-/m0/s1. The van der Waals surface area contributed by atoms with E-state index in [0.29, 0.717) is 12.5 Å². The molecule has 1 aliphatic heterocycles. The van der Waals surface area contributed by atoms with Crippen LogP contribution in [0.1, 0.15) is 35.7 Å². The molecule has 24 heavy (non-hydrogen) atoms. The Balaban J connectivity index is 1.67. The van der Waals surface area contributed by atoms with Gasteiger partial charge in [-0.3, -0.25) is 4.79 Å². The smallest absolute Gasteiger partial charge is 0.226 e. The average molecular weight is 325 g/mol. The molecule has 0 N–H and O–H groups in total. The van der Waals surface area contributed by atoms with E-state index < -0.39 is 0 Å². The third-order valence-corrected chi connectivity index (χ3v) is 5.03. The summed E-state index contributed by atoms with van der Waals surface area (Å²) in [5, 5.41) is 0. The lowest BCUT2D eigenvalue weighted by Crippen LogP contribution is -2.40. The van der Waals surface area contributed by atoms with Gasteiger partial charge in [0.15, 0.2) is 0 Å². The van der Waals surface area contributed by atoms with Gasteiger partial charge in [-0.25, -0.2) is 4.98 Å². The van der Waals surface area contributed by atoms with Crippen LogP contribution < -0.4 is 0 Å². The van der Waals surface area contributed by atoms with Crippen molar-refractivity contribution in [1.29, 1.82) is 0 Å². The number of carbonyl (C=O) groups excluding carboxylic acids is 1. The molecule has 5 nitrogen and oxygen atoms in total. The van der Waals surface area contributed by atoms with Crippen LogP contribution in [0.15, 0.2) is 36.7 Å². The van der Waals surface area contributed by atoms with Gasteiger partial charge in [0.2, 0.25) is 5.91 Å². The molecule has 2 heterocycles. The number of ether oxygens (including phenoxy) is 1. The Hall–Kier alpha value is -2.14. The Kier molecular flexibility index (Phi) is 4.10. The highest BCUT2D eigenvalue weighted by atomic mass is 16.5. The van der Waals surface area contributed by atoms with Crippen LogP contribution in [-0.2, 0) is 22.6 Å². The maximum Gasteiger partial charge on any atom is 0.226 e. The molecular weight excluding hydrogens is 302 g/mol. The van der Waals surface area contributed by atoms with E-state index in [1.807, 2.05) is 17.3 Å². The van der Waals surface area contributed by atoms with Crippen molar-refractivity contribution in [2.24, 2.45) is 5.92 Å². The third-order valence-electron chi connectivity index (χ3n) is 5.03. The second kappa shape index (κ2) is 6.40. The molecule has 0 unspecified atom stereocenters. The van der Waals surface area contributed by atoms with Crippen molar-refractivity contribution in [1.82, 2.24) is 14.5 Å². The van der Waals surface area contributed by atoms with E-state index in [0.717, 1.165) is 38.3 Å². The number of aromatic nitrogens is 2. The van der Waals surface area contributed by atoms with Crippen molar-refractivity contribution in [2.45, 2.75) is 31.8 Å². The van der Waals surface area contributed by atoms with Crippen molar-refractivity contribution in [2.75, 3.05) is 20.3 Å². The lowest BCUT2D eigenvalue weighted by molar-refractivity contribution is -0.133. The highest BCUT2D eigenvalue weighted by Crippen LogP contribution is 2.37. The van der Waals surface area contributed by atoms with E-state index in [-0.39, 0.29) is 11.8 Å². The molecule has 5 heteroatoms. The highest BCUT2D eigenvalue weighted by molar-refractivity contribution is 5.81. The van der Waals surface area contributed by atoms with Crippen molar-refractivity contribution in [3.05, 3.63) is 53.6 Å². The first-order chi connectivity index (χ1) is 11.8. The summed E-state index contributed by atoms with van der Waals surface area (Å²) in [6.07, 6.45) is 5.93. The molecule has 1 saturated carbocycles. The zero-order valence-electron chi connectivity index (χ0n) is 14.0. The highest BCUT2D eigenvalue weighted by Gasteiger charge is 2.38. The molecule has 1 aliphatic carbocycles. The minimum absolute atomic E-state index is 0.129. The second-order valence-electron chi connectivity index (χ2n) is 6.72. The Morgan fingerprint density at radius 1 is 1.33 bits per heavy atom.